The molecule has 1 aliphatic carbocycles. The Morgan fingerprint density at radius 1 is 0.697 bits per heavy atom. The largest absolute Gasteiger partial charge is 0.493 e. The number of hydrogen-bond acceptors (Lipinski definition) is 3. The molecule has 0 aromatic rings. The second-order valence-electron chi connectivity index (χ2n) is 9.21. The highest BCUT2D eigenvalue weighted by Gasteiger charge is 2.10. The van der Waals surface area contributed by atoms with Gasteiger partial charge >= 0.3 is 0 Å². The Balaban J connectivity index is 1.48. The van der Waals surface area contributed by atoms with E-state index in [1.54, 1.807) is 12.2 Å². The fraction of sp³-hybridized carbons (Fsp3) is 0.567. The van der Waals surface area contributed by atoms with Crippen molar-refractivity contribution in [3.05, 3.63) is 71.8 Å². The Labute approximate surface area is 202 Å². The average Bonchev–Trinajstić information content (AvgIpc) is 2.84. The van der Waals surface area contributed by atoms with Gasteiger partial charge in [-0.3, -0.25) is 4.79 Å². The Morgan fingerprint density at radius 3 is 1.76 bits per heavy atom. The van der Waals surface area contributed by atoms with Gasteiger partial charge in [-0.2, -0.15) is 0 Å². The number of nitrogens with zero attached hydrogens (tertiary/aromatic N) is 1. The maximum absolute atomic E-state index is 11.6. The van der Waals surface area contributed by atoms with Crippen molar-refractivity contribution in [1.82, 2.24) is 4.90 Å². The lowest BCUT2D eigenvalue weighted by molar-refractivity contribution is -0.114. The number of carbonyl (C=O) groups is 1. The van der Waals surface area contributed by atoms with Crippen molar-refractivity contribution in [3.8, 4) is 0 Å². The monoisotopic (exact) mass is 451 g/mol. The molecule has 2 aliphatic rings. The summed E-state index contributed by atoms with van der Waals surface area (Å²) in [5.74, 6) is 0.301. The predicted molar refractivity (Wildman–Crippen MR) is 141 cm³/mol. The van der Waals surface area contributed by atoms with Crippen molar-refractivity contribution >= 4 is 5.78 Å². The molecule has 1 aliphatic heterocycles. The number of rotatable bonds is 17. The predicted octanol–water partition coefficient (Wildman–Crippen LogP) is 8.33. The molecular formula is C30H45NO2. The maximum Gasteiger partial charge on any atom is 0.220 e. The van der Waals surface area contributed by atoms with E-state index in [9.17, 15) is 4.79 Å². The molecule has 0 radical (unpaired) electrons. The third-order valence-corrected chi connectivity index (χ3v) is 6.34. The Morgan fingerprint density at radius 2 is 1.21 bits per heavy atom. The van der Waals surface area contributed by atoms with Gasteiger partial charge in [0, 0.05) is 18.9 Å². The summed E-state index contributed by atoms with van der Waals surface area (Å²) in [5.41, 5.74) is 2.11. The molecular weight excluding hydrogens is 406 g/mol. The van der Waals surface area contributed by atoms with Crippen LogP contribution in [0.4, 0.5) is 0 Å². The number of hydrogen-bond donors (Lipinski definition) is 0. The van der Waals surface area contributed by atoms with Crippen molar-refractivity contribution in [3.63, 3.8) is 0 Å². The summed E-state index contributed by atoms with van der Waals surface area (Å²) in [5, 5.41) is 0. The average molecular weight is 452 g/mol. The Hall–Kier alpha value is -2.29. The van der Waals surface area contributed by atoms with Gasteiger partial charge in [0.1, 0.15) is 0 Å². The van der Waals surface area contributed by atoms with Crippen LogP contribution in [-0.2, 0) is 9.53 Å². The molecule has 1 heterocycles. The molecule has 182 valence electrons. The molecule has 0 unspecified atom stereocenters. The molecule has 0 saturated carbocycles. The quantitative estimate of drug-likeness (QED) is 0.208. The van der Waals surface area contributed by atoms with Gasteiger partial charge in [0.15, 0.2) is 5.76 Å². The molecule has 0 fully saturated rings. The second kappa shape index (κ2) is 17.2. The van der Waals surface area contributed by atoms with E-state index in [0.29, 0.717) is 5.76 Å². The molecule has 0 aromatic heterocycles. The summed E-state index contributed by atoms with van der Waals surface area (Å²) in [7, 11) is 1.53. The van der Waals surface area contributed by atoms with Crippen molar-refractivity contribution in [2.45, 2.75) is 96.8 Å². The first-order valence-electron chi connectivity index (χ1n) is 13.2. The summed E-state index contributed by atoms with van der Waals surface area (Å²) in [6, 6.07) is 0. The first kappa shape index (κ1) is 27.0. The van der Waals surface area contributed by atoms with Gasteiger partial charge < -0.3 is 9.64 Å². The molecule has 3 heteroatoms. The minimum absolute atomic E-state index is 0.0844. The highest BCUT2D eigenvalue weighted by molar-refractivity contribution is 6.04. The highest BCUT2D eigenvalue weighted by atomic mass is 16.5. The number of methoxy groups -OCH3 is 1. The third kappa shape index (κ3) is 11.9. The molecule has 0 N–H and O–H groups in total. The molecule has 0 bridgehead atoms. The van der Waals surface area contributed by atoms with Gasteiger partial charge in [-0.05, 0) is 41.9 Å². The molecule has 0 spiro atoms. The second-order valence-corrected chi connectivity index (χ2v) is 9.21. The van der Waals surface area contributed by atoms with Crippen molar-refractivity contribution in [2.24, 2.45) is 0 Å². The lowest BCUT2D eigenvalue weighted by Crippen LogP contribution is -2.13. The van der Waals surface area contributed by atoms with Crippen LogP contribution < -0.4 is 0 Å². The van der Waals surface area contributed by atoms with Crippen molar-refractivity contribution in [2.75, 3.05) is 13.7 Å². The number of unbranched alkanes of at least 4 members (excludes halogenated alkanes) is 13. The smallest absolute Gasteiger partial charge is 0.220 e. The number of carbonyl (C=O) groups excluding carboxylic acids is 1. The van der Waals surface area contributed by atoms with Crippen LogP contribution in [0.25, 0.3) is 0 Å². The normalized spacial score (nSPS) is 16.6. The van der Waals surface area contributed by atoms with E-state index in [4.69, 9.17) is 4.74 Å². The zero-order chi connectivity index (χ0) is 23.6. The lowest BCUT2D eigenvalue weighted by Gasteiger charge is -2.18. The lowest BCUT2D eigenvalue weighted by atomic mass is 10.0. The first-order chi connectivity index (χ1) is 16.2. The van der Waals surface area contributed by atoms with Crippen LogP contribution in [0.3, 0.4) is 0 Å². The van der Waals surface area contributed by atoms with Crippen LogP contribution in [0.15, 0.2) is 71.8 Å². The van der Waals surface area contributed by atoms with Gasteiger partial charge in [-0.1, -0.05) is 109 Å². The zero-order valence-electron chi connectivity index (χ0n) is 21.1. The van der Waals surface area contributed by atoms with E-state index in [1.165, 1.54) is 97.0 Å². The third-order valence-electron chi connectivity index (χ3n) is 6.34. The number of ether oxygens (including phenoxy) is 1. The van der Waals surface area contributed by atoms with Crippen molar-refractivity contribution in [1.29, 1.82) is 0 Å². The van der Waals surface area contributed by atoms with E-state index >= 15 is 0 Å². The van der Waals surface area contributed by atoms with E-state index in [1.807, 2.05) is 12.2 Å². The summed E-state index contributed by atoms with van der Waals surface area (Å²) in [6.45, 7) is 3.37. The van der Waals surface area contributed by atoms with Gasteiger partial charge in [0.25, 0.3) is 0 Å². The van der Waals surface area contributed by atoms with E-state index < -0.39 is 0 Å². The SMILES string of the molecule is CCCCCCCCCCCCCCCCN1C=CC(=CC=C2C=CC(=O)C(OC)=C2)C=C1. The van der Waals surface area contributed by atoms with E-state index in [0.717, 1.165) is 17.7 Å². The number of ketones is 1. The molecule has 33 heavy (non-hydrogen) atoms. The summed E-state index contributed by atoms with van der Waals surface area (Å²) < 4.78 is 5.11. The molecule has 2 rings (SSSR count). The van der Waals surface area contributed by atoms with Crippen LogP contribution in [0.5, 0.6) is 0 Å². The van der Waals surface area contributed by atoms with Gasteiger partial charge in [-0.25, -0.2) is 0 Å². The Kier molecular flexibility index (Phi) is 14.1. The van der Waals surface area contributed by atoms with E-state index in [2.05, 4.69) is 42.5 Å². The standard InChI is InChI=1S/C30H45NO2/c1-3-4-5-6-7-8-9-10-11-12-13-14-15-16-23-31-24-21-27(22-25-31)17-18-28-19-20-29(32)30(26-28)33-2/h17-22,24-26H,3-16,23H2,1-2H3. The van der Waals surface area contributed by atoms with E-state index in [-0.39, 0.29) is 5.78 Å². The van der Waals surface area contributed by atoms with Gasteiger partial charge in [0.2, 0.25) is 5.78 Å². The summed E-state index contributed by atoms with van der Waals surface area (Å²) >= 11 is 0. The fourth-order valence-electron chi connectivity index (χ4n) is 4.20. The minimum atomic E-state index is -0.0844. The maximum atomic E-state index is 11.6. The zero-order valence-corrected chi connectivity index (χ0v) is 21.1. The molecule has 0 aromatic carbocycles. The van der Waals surface area contributed by atoms with Crippen LogP contribution in [0.2, 0.25) is 0 Å². The fourth-order valence-corrected chi connectivity index (χ4v) is 4.20. The molecule has 0 saturated heterocycles. The first-order valence-corrected chi connectivity index (χ1v) is 13.2. The molecule has 0 amide bonds. The van der Waals surface area contributed by atoms with Crippen LogP contribution in [-0.4, -0.2) is 24.3 Å². The van der Waals surface area contributed by atoms with Crippen LogP contribution in [0, 0.1) is 0 Å². The highest BCUT2D eigenvalue weighted by Crippen LogP contribution is 2.17. The van der Waals surface area contributed by atoms with Crippen molar-refractivity contribution < 1.29 is 9.53 Å². The molecule has 3 nitrogen and oxygen atoms in total. The van der Waals surface area contributed by atoms with Crippen LogP contribution >= 0.6 is 0 Å². The van der Waals surface area contributed by atoms with Gasteiger partial charge in [0.05, 0.1) is 7.11 Å². The summed E-state index contributed by atoms with van der Waals surface area (Å²) in [6.07, 6.45) is 37.4. The molecule has 0 atom stereocenters. The Bertz CT molecular complexity index is 735. The van der Waals surface area contributed by atoms with Gasteiger partial charge in [-0.15, -0.1) is 0 Å². The summed E-state index contributed by atoms with van der Waals surface area (Å²) in [4.78, 5) is 13.9. The topological polar surface area (TPSA) is 29.5 Å². The minimum Gasteiger partial charge on any atom is -0.493 e. The van der Waals surface area contributed by atoms with Crippen LogP contribution in [0.1, 0.15) is 96.8 Å². The number of allylic oxidation sites excluding steroid dienone is 9.